The van der Waals surface area contributed by atoms with Crippen LogP contribution in [0.1, 0.15) is 26.3 Å². The van der Waals surface area contributed by atoms with Gasteiger partial charge in [0.05, 0.1) is 0 Å². The average Bonchev–Trinajstić information content (AvgIpc) is 1.92. The molecule has 1 aromatic rings. The Kier molecular flexibility index (Phi) is 10.3. The van der Waals surface area contributed by atoms with Crippen molar-refractivity contribution in [3.63, 3.8) is 0 Å². The second-order valence-electron chi connectivity index (χ2n) is 3.91. The third kappa shape index (κ3) is 5.77. The van der Waals surface area contributed by atoms with Gasteiger partial charge in [0, 0.05) is 5.56 Å². The van der Waals surface area contributed by atoms with Crippen LogP contribution in [0.25, 0.3) is 0 Å². The number of phenolic OH excluding ortho intramolecular Hbond substituents is 1. The summed E-state index contributed by atoms with van der Waals surface area (Å²) in [6, 6.07) is 4.01. The van der Waals surface area contributed by atoms with E-state index in [1.54, 1.807) is 0 Å². The molecule has 84 valence electrons. The largest absolute Gasteiger partial charge is 2.00 e. The molecular weight excluding hydrogens is 274 g/mol. The number of hydrogen-bond donors (Lipinski definition) is 1. The van der Waals surface area contributed by atoms with Gasteiger partial charge in [-0.2, -0.15) is 0 Å². The molecule has 15 heavy (non-hydrogen) atoms. The Labute approximate surface area is 117 Å². The Morgan fingerprint density at radius 1 is 1.13 bits per heavy atom. The molecule has 0 saturated carbocycles. The third-order valence-corrected chi connectivity index (χ3v) is 1.77. The molecule has 0 bridgehead atoms. The summed E-state index contributed by atoms with van der Waals surface area (Å²) in [5.74, 6) is -0.151. The van der Waals surface area contributed by atoms with Crippen LogP contribution in [-0.4, -0.2) is 5.11 Å². The Hall–Kier alpha value is 0.244. The van der Waals surface area contributed by atoms with Crippen molar-refractivity contribution in [2.75, 3.05) is 0 Å². The van der Waals surface area contributed by atoms with Gasteiger partial charge in [-0.25, -0.2) is 4.39 Å². The second-order valence-corrected chi connectivity index (χ2v) is 3.91. The first-order valence-electron chi connectivity index (χ1n) is 3.90. The minimum atomic E-state index is -0.308. The van der Waals surface area contributed by atoms with E-state index < -0.39 is 0 Å². The van der Waals surface area contributed by atoms with E-state index in [0.29, 0.717) is 5.56 Å². The van der Waals surface area contributed by atoms with Crippen molar-refractivity contribution in [3.8, 4) is 5.75 Å². The summed E-state index contributed by atoms with van der Waals surface area (Å²) in [4.78, 5) is 0. The smallest absolute Gasteiger partial charge is 1.00 e. The van der Waals surface area contributed by atoms with Crippen LogP contribution in [0.4, 0.5) is 4.39 Å². The van der Waals surface area contributed by atoms with E-state index in [4.69, 9.17) is 0 Å². The molecule has 0 atom stereocenters. The summed E-state index contributed by atoms with van der Waals surface area (Å²) in [6.07, 6.45) is 0. The molecule has 5 heteroatoms. The van der Waals surface area contributed by atoms with Crippen LogP contribution in [0.15, 0.2) is 18.2 Å². The van der Waals surface area contributed by atoms with Crippen LogP contribution in [0.2, 0.25) is 0 Å². The zero-order valence-corrected chi connectivity index (χ0v) is 11.9. The van der Waals surface area contributed by atoms with Crippen LogP contribution in [0, 0.1) is 5.82 Å². The van der Waals surface area contributed by atoms with Crippen LogP contribution in [-0.2, 0) is 27.1 Å². The molecule has 0 spiro atoms. The second kappa shape index (κ2) is 7.51. The summed E-state index contributed by atoms with van der Waals surface area (Å²) in [7, 11) is 0. The number of benzene rings is 1. The summed E-state index contributed by atoms with van der Waals surface area (Å²) in [6.45, 7) is 5.80. The molecule has 0 aliphatic rings. The van der Waals surface area contributed by atoms with Gasteiger partial charge in [0.25, 0.3) is 0 Å². The third-order valence-electron chi connectivity index (χ3n) is 1.77. The van der Waals surface area contributed by atoms with E-state index in [1.165, 1.54) is 18.2 Å². The molecule has 1 rings (SSSR count). The number of hydrogen-bond acceptors (Lipinski definition) is 1. The molecule has 0 fully saturated rings. The maximum atomic E-state index is 12.8. The fraction of sp³-hybridized carbons (Fsp3) is 0.400. The summed E-state index contributed by atoms with van der Waals surface area (Å²) < 4.78 is 12.8. The van der Waals surface area contributed by atoms with Gasteiger partial charge in [-0.1, -0.05) is 20.8 Å². The fourth-order valence-corrected chi connectivity index (χ4v) is 1.11. The molecule has 1 aromatic carbocycles. The van der Waals surface area contributed by atoms with Crippen molar-refractivity contribution in [3.05, 3.63) is 29.6 Å². The van der Waals surface area contributed by atoms with E-state index in [1.807, 2.05) is 20.8 Å². The Morgan fingerprint density at radius 3 is 1.93 bits per heavy atom. The molecule has 0 aromatic heterocycles. The predicted octanol–water partition coefficient (Wildman–Crippen LogP) is -3.17. The van der Waals surface area contributed by atoms with Gasteiger partial charge in [0.2, 0.25) is 0 Å². The van der Waals surface area contributed by atoms with Crippen molar-refractivity contribution in [1.82, 2.24) is 0 Å². The first-order valence-corrected chi connectivity index (χ1v) is 3.90. The Morgan fingerprint density at radius 2 is 1.60 bits per heavy atom. The molecule has 1 N–H and O–H groups in total. The number of aromatic hydroxyl groups is 1. The minimum Gasteiger partial charge on any atom is -1.00 e. The Bertz CT molecular complexity index is 300. The summed E-state index contributed by atoms with van der Waals surface area (Å²) >= 11 is 0. The summed E-state index contributed by atoms with van der Waals surface area (Å²) in [5, 5.41) is 9.40. The molecule has 0 aliphatic heterocycles. The van der Waals surface area contributed by atoms with Gasteiger partial charge in [-0.3, -0.25) is 0 Å². The molecule has 1 nitrogen and oxygen atoms in total. The molecule has 0 amide bonds. The maximum Gasteiger partial charge on any atom is 2.00 e. The van der Waals surface area contributed by atoms with Gasteiger partial charge in [0.1, 0.15) is 11.6 Å². The minimum absolute atomic E-state index is 0. The molecule has 0 heterocycles. The quantitative estimate of drug-likeness (QED) is 0.499. The van der Waals surface area contributed by atoms with Gasteiger partial charge in [-0.15, -0.1) is 0 Å². The van der Waals surface area contributed by atoms with Crippen molar-refractivity contribution in [2.24, 2.45) is 0 Å². The van der Waals surface area contributed by atoms with Crippen LogP contribution in [0.3, 0.4) is 0 Å². The number of rotatable bonds is 0. The first kappa shape index (κ1) is 20.6. The van der Waals surface area contributed by atoms with Crippen LogP contribution < -0.4 is 24.8 Å². The normalized spacial score (nSPS) is 9.33. The van der Waals surface area contributed by atoms with E-state index in [0.717, 1.165) is 0 Å². The number of phenols is 1. The van der Waals surface area contributed by atoms with Gasteiger partial charge in [0.15, 0.2) is 0 Å². The van der Waals surface area contributed by atoms with Gasteiger partial charge < -0.3 is 29.9 Å². The topological polar surface area (TPSA) is 20.2 Å². The van der Waals surface area contributed by atoms with Gasteiger partial charge >= 0.3 is 21.7 Å². The van der Waals surface area contributed by atoms with E-state index in [2.05, 4.69) is 0 Å². The monoisotopic (exact) mass is 286 g/mol. The summed E-state index contributed by atoms with van der Waals surface area (Å²) in [5.41, 5.74) is 0.425. The van der Waals surface area contributed by atoms with E-state index >= 15 is 0 Å². The zero-order chi connectivity index (χ0) is 9.35. The van der Waals surface area contributed by atoms with Crippen LogP contribution in [0.5, 0.6) is 5.75 Å². The van der Waals surface area contributed by atoms with E-state index in [9.17, 15) is 9.50 Å². The van der Waals surface area contributed by atoms with Crippen molar-refractivity contribution in [1.29, 1.82) is 0 Å². The zero-order valence-electron chi connectivity index (χ0n) is 8.81. The first-order chi connectivity index (χ1) is 5.41. The van der Waals surface area contributed by atoms with E-state index in [-0.39, 0.29) is 63.5 Å². The molecule has 0 aliphatic carbocycles. The van der Waals surface area contributed by atoms with Gasteiger partial charge in [-0.05, 0) is 23.6 Å². The molecule has 0 saturated heterocycles. The van der Waals surface area contributed by atoms with Crippen LogP contribution >= 0.6 is 0 Å². The standard InChI is InChI=1S/C10H13FO.2ClH.Ti/c1-10(2,3)8-6-7(11)4-5-9(8)12;;;/h4-6,12H,1-3H3;2*1H;/q;;;+2/p-2. The van der Waals surface area contributed by atoms with Crippen molar-refractivity contribution in [2.45, 2.75) is 26.2 Å². The predicted molar refractivity (Wildman–Crippen MR) is 46.8 cm³/mol. The van der Waals surface area contributed by atoms with Crippen molar-refractivity contribution < 1.29 is 56.0 Å². The van der Waals surface area contributed by atoms with Crippen molar-refractivity contribution >= 4 is 0 Å². The molecule has 0 radical (unpaired) electrons. The SMILES string of the molecule is CC(C)(C)c1cc(F)ccc1O.[Cl-].[Cl-].[Ti+2]. The number of halogens is 3. The average molecular weight is 287 g/mol. The fourth-order valence-electron chi connectivity index (χ4n) is 1.11. The Balaban J connectivity index is -0.000000480. The molecular formula is C10H13Cl2FOTi. The maximum absolute atomic E-state index is 12.8. The molecule has 0 unspecified atom stereocenters.